The molecule has 1 aliphatic carbocycles. The van der Waals surface area contributed by atoms with Gasteiger partial charge in [-0.25, -0.2) is 4.79 Å². The van der Waals surface area contributed by atoms with E-state index in [1.807, 2.05) is 19.9 Å². The molecule has 4 atom stereocenters. The van der Waals surface area contributed by atoms with Gasteiger partial charge in [0.15, 0.2) is 0 Å². The van der Waals surface area contributed by atoms with Crippen LogP contribution in [0.5, 0.6) is 0 Å². The van der Waals surface area contributed by atoms with Crippen molar-refractivity contribution in [2.75, 3.05) is 7.05 Å². The zero-order chi connectivity index (χ0) is 30.4. The van der Waals surface area contributed by atoms with Gasteiger partial charge in [-0.1, -0.05) is 46.8 Å². The lowest BCUT2D eigenvalue weighted by molar-refractivity contribution is -0.176. The molecule has 3 rings (SSSR count). The molecule has 0 saturated heterocycles. The molecule has 10 nitrogen and oxygen atoms in total. The number of fused-ring (bicyclic) bond motifs is 1. The number of amides is 3. The van der Waals surface area contributed by atoms with E-state index in [0.29, 0.717) is 17.5 Å². The van der Waals surface area contributed by atoms with Crippen LogP contribution in [0.25, 0.3) is 11.0 Å². The van der Waals surface area contributed by atoms with Crippen LogP contribution >= 0.6 is 0 Å². The van der Waals surface area contributed by atoms with E-state index in [9.17, 15) is 37.6 Å². The Morgan fingerprint density at radius 3 is 2.17 bits per heavy atom. The number of benzene rings is 1. The molecule has 3 amide bonds. The molecule has 1 unspecified atom stereocenters. The first-order valence-corrected chi connectivity index (χ1v) is 12.8. The van der Waals surface area contributed by atoms with Gasteiger partial charge in [0.1, 0.15) is 18.1 Å². The van der Waals surface area contributed by atoms with Crippen molar-refractivity contribution in [3.8, 4) is 6.07 Å². The number of alkyl halides is 3. The zero-order valence-corrected chi connectivity index (χ0v) is 23.6. The van der Waals surface area contributed by atoms with Crippen molar-refractivity contribution < 1.29 is 27.6 Å². The predicted molar refractivity (Wildman–Crippen MR) is 141 cm³/mol. The Morgan fingerprint density at radius 2 is 1.70 bits per heavy atom. The van der Waals surface area contributed by atoms with E-state index in [0.717, 1.165) is 4.90 Å². The second-order valence-corrected chi connectivity index (χ2v) is 12.1. The number of carbonyl (C=O) groups is 3. The summed E-state index contributed by atoms with van der Waals surface area (Å²) in [6, 6.07) is 5.12. The smallest absolute Gasteiger partial charge is 0.337 e. The molecule has 1 aromatic heterocycles. The number of halogens is 3. The third-order valence-electron chi connectivity index (χ3n) is 7.54. The van der Waals surface area contributed by atoms with Crippen LogP contribution in [-0.4, -0.2) is 63.1 Å². The molecule has 0 aliphatic heterocycles. The first-order chi connectivity index (χ1) is 18.3. The van der Waals surface area contributed by atoms with Gasteiger partial charge in [0.25, 0.3) is 0 Å². The van der Waals surface area contributed by atoms with Crippen LogP contribution in [0, 0.1) is 28.1 Å². The van der Waals surface area contributed by atoms with Crippen molar-refractivity contribution in [1.82, 2.24) is 24.7 Å². The SMILES string of the molecule is CN(C(=O)[C@@H](NC(=O)C(F)(F)F)C(C)(C)C)[C@H](C(=O)NC(C#N)Cn1c(=O)n(C)c2ccccc21)[C@H]1CC1(C)C. The Hall–Kier alpha value is -3.82. The molecule has 0 radical (unpaired) electrons. The van der Waals surface area contributed by atoms with E-state index in [2.05, 4.69) is 5.32 Å². The first-order valence-electron chi connectivity index (χ1n) is 12.8. The fraction of sp³-hybridized carbons (Fsp3) is 0.593. The molecule has 13 heteroatoms. The Morgan fingerprint density at radius 1 is 1.15 bits per heavy atom. The quantitative estimate of drug-likeness (QED) is 0.509. The second-order valence-electron chi connectivity index (χ2n) is 12.1. The number of nitrogens with zero attached hydrogens (tertiary/aromatic N) is 4. The van der Waals surface area contributed by atoms with Gasteiger partial charge in [-0.3, -0.25) is 23.5 Å². The molecule has 0 bridgehead atoms. The number of rotatable bonds is 8. The minimum absolute atomic E-state index is 0.160. The van der Waals surface area contributed by atoms with Gasteiger partial charge in [-0.05, 0) is 35.3 Å². The van der Waals surface area contributed by atoms with E-state index >= 15 is 0 Å². The molecule has 0 spiro atoms. The van der Waals surface area contributed by atoms with Gasteiger partial charge in [-0.15, -0.1) is 0 Å². The summed E-state index contributed by atoms with van der Waals surface area (Å²) < 4.78 is 41.9. The maximum Gasteiger partial charge on any atom is 0.471 e. The van der Waals surface area contributed by atoms with Gasteiger partial charge in [-0.2, -0.15) is 18.4 Å². The normalized spacial score (nSPS) is 18.8. The van der Waals surface area contributed by atoms with E-state index in [4.69, 9.17) is 0 Å². The Bertz CT molecular complexity index is 1410. The summed E-state index contributed by atoms with van der Waals surface area (Å²) in [4.78, 5) is 52.8. The van der Waals surface area contributed by atoms with Crippen molar-refractivity contribution in [3.05, 3.63) is 34.7 Å². The fourth-order valence-electron chi connectivity index (χ4n) is 4.98. The molecule has 2 N–H and O–H groups in total. The summed E-state index contributed by atoms with van der Waals surface area (Å²) in [6.07, 6.45) is -4.64. The minimum Gasteiger partial charge on any atom is -0.337 e. The highest BCUT2D eigenvalue weighted by Gasteiger charge is 2.56. The number of aromatic nitrogens is 2. The lowest BCUT2D eigenvalue weighted by Gasteiger charge is -2.37. The molecule has 218 valence electrons. The van der Waals surface area contributed by atoms with Crippen LogP contribution in [0.4, 0.5) is 13.2 Å². The second kappa shape index (κ2) is 10.6. The van der Waals surface area contributed by atoms with Crippen LogP contribution in [0.3, 0.4) is 0 Å². The number of aryl methyl sites for hydroxylation is 1. The third kappa shape index (κ3) is 6.16. The maximum absolute atomic E-state index is 13.6. The van der Waals surface area contributed by atoms with Gasteiger partial charge in [0, 0.05) is 14.1 Å². The lowest BCUT2D eigenvalue weighted by Crippen LogP contribution is -2.61. The van der Waals surface area contributed by atoms with Crippen molar-refractivity contribution in [2.24, 2.45) is 23.8 Å². The molecular weight excluding hydrogens is 529 g/mol. The summed E-state index contributed by atoms with van der Waals surface area (Å²) in [5, 5.41) is 14.2. The fourth-order valence-corrected chi connectivity index (χ4v) is 4.98. The third-order valence-corrected chi connectivity index (χ3v) is 7.54. The highest BCUT2D eigenvalue weighted by Crippen LogP contribution is 2.54. The number of nitrogens with one attached hydrogen (secondary N) is 2. The summed E-state index contributed by atoms with van der Waals surface area (Å²) in [7, 11) is 2.90. The van der Waals surface area contributed by atoms with Gasteiger partial charge < -0.3 is 15.5 Å². The van der Waals surface area contributed by atoms with Crippen molar-refractivity contribution in [2.45, 2.75) is 71.9 Å². The minimum atomic E-state index is -5.20. The number of imidazole rings is 1. The lowest BCUT2D eigenvalue weighted by atomic mass is 9.85. The first kappa shape index (κ1) is 30.7. The van der Waals surface area contributed by atoms with E-state index in [1.165, 1.54) is 37.0 Å². The van der Waals surface area contributed by atoms with Crippen LogP contribution in [0.2, 0.25) is 0 Å². The Balaban J connectivity index is 1.89. The number of para-hydroxylation sites is 2. The van der Waals surface area contributed by atoms with Crippen LogP contribution in [-0.2, 0) is 28.0 Å². The molecule has 1 aromatic carbocycles. The van der Waals surface area contributed by atoms with E-state index < -0.39 is 47.4 Å². The molecule has 2 aromatic rings. The summed E-state index contributed by atoms with van der Waals surface area (Å²) in [5.41, 5.74) is -0.622. The summed E-state index contributed by atoms with van der Waals surface area (Å²) in [5.74, 6) is -4.15. The van der Waals surface area contributed by atoms with Crippen LogP contribution < -0.4 is 16.3 Å². The standard InChI is InChI=1S/C27H35F3N6O4/c1-25(2,3)20(33-23(39)27(28,29)30)22(38)35(7)19(16-12-26(16,4)5)21(37)32-15(13-31)14-36-18-11-9-8-10-17(18)34(6)24(36)40/h8-11,15-16,19-20H,12,14H2,1-7H3,(H,32,37)(H,33,39)/t15?,16-,19+,20-/m1/s1. The van der Waals surface area contributed by atoms with Crippen molar-refractivity contribution in [3.63, 3.8) is 0 Å². The van der Waals surface area contributed by atoms with Gasteiger partial charge in [0.2, 0.25) is 11.8 Å². The molecular formula is C27H35F3N6O4. The highest BCUT2D eigenvalue weighted by molar-refractivity contribution is 5.94. The number of carbonyl (C=O) groups excluding carboxylic acids is 3. The topological polar surface area (TPSA) is 129 Å². The Kier molecular flexibility index (Phi) is 8.16. The zero-order valence-electron chi connectivity index (χ0n) is 23.6. The van der Waals surface area contributed by atoms with Crippen molar-refractivity contribution >= 4 is 28.8 Å². The average Bonchev–Trinajstić information content (AvgIpc) is 3.40. The summed E-state index contributed by atoms with van der Waals surface area (Å²) >= 11 is 0. The number of likely N-dealkylation sites (N-methyl/N-ethyl adjacent to an activating group) is 1. The number of hydrogen-bond donors (Lipinski definition) is 2. The average molecular weight is 565 g/mol. The summed E-state index contributed by atoms with van der Waals surface area (Å²) in [6.45, 7) is 8.13. The monoisotopic (exact) mass is 564 g/mol. The van der Waals surface area contributed by atoms with E-state index in [-0.39, 0.29) is 23.6 Å². The van der Waals surface area contributed by atoms with Crippen LogP contribution in [0.1, 0.15) is 41.0 Å². The molecule has 1 fully saturated rings. The number of hydrogen-bond acceptors (Lipinski definition) is 5. The van der Waals surface area contributed by atoms with Crippen molar-refractivity contribution in [1.29, 1.82) is 5.26 Å². The maximum atomic E-state index is 13.6. The molecule has 1 aliphatic rings. The van der Waals surface area contributed by atoms with E-state index in [1.54, 1.807) is 36.6 Å². The molecule has 40 heavy (non-hydrogen) atoms. The number of nitriles is 1. The molecule has 1 heterocycles. The van der Waals surface area contributed by atoms with Gasteiger partial charge in [0.05, 0.1) is 23.6 Å². The Labute approximate surface area is 230 Å². The largest absolute Gasteiger partial charge is 0.471 e. The van der Waals surface area contributed by atoms with Gasteiger partial charge >= 0.3 is 17.8 Å². The molecule has 1 saturated carbocycles. The van der Waals surface area contributed by atoms with Crippen LogP contribution in [0.15, 0.2) is 29.1 Å². The highest BCUT2D eigenvalue weighted by atomic mass is 19.4. The predicted octanol–water partition coefficient (Wildman–Crippen LogP) is 2.31.